The topological polar surface area (TPSA) is 69.4 Å². The van der Waals surface area contributed by atoms with Gasteiger partial charge in [-0.05, 0) is 25.5 Å². The smallest absolute Gasteiger partial charge is 0.227 e. The Bertz CT molecular complexity index is 664. The Kier molecular flexibility index (Phi) is 3.46. The van der Waals surface area contributed by atoms with E-state index in [2.05, 4.69) is 21.5 Å². The number of aromatic nitrogens is 2. The van der Waals surface area contributed by atoms with Gasteiger partial charge in [-0.3, -0.25) is 0 Å². The van der Waals surface area contributed by atoms with E-state index in [1.54, 1.807) is 7.11 Å². The van der Waals surface area contributed by atoms with Gasteiger partial charge in [0, 0.05) is 24.0 Å². The summed E-state index contributed by atoms with van der Waals surface area (Å²) in [6.45, 7) is 1.67. The molecule has 0 bridgehead atoms. The molecular weight excluding hydrogens is 282 g/mol. The van der Waals surface area contributed by atoms with Gasteiger partial charge in [0.25, 0.3) is 0 Å². The van der Waals surface area contributed by atoms with Crippen LogP contribution in [0.1, 0.15) is 42.1 Å². The summed E-state index contributed by atoms with van der Waals surface area (Å²) in [5, 5.41) is 7.50. The summed E-state index contributed by atoms with van der Waals surface area (Å²) in [6.07, 6.45) is 2.95. The molecule has 1 aromatic heterocycles. The average Bonchev–Trinajstić information content (AvgIpc) is 3.27. The van der Waals surface area contributed by atoms with Gasteiger partial charge in [-0.15, -0.1) is 0 Å². The lowest BCUT2D eigenvalue weighted by Gasteiger charge is -2.06. The summed E-state index contributed by atoms with van der Waals surface area (Å²) in [6, 6.07) is 6.19. The van der Waals surface area contributed by atoms with E-state index in [0.717, 1.165) is 30.3 Å². The molecule has 2 atom stereocenters. The van der Waals surface area contributed by atoms with Crippen molar-refractivity contribution in [1.29, 1.82) is 0 Å². The zero-order chi connectivity index (χ0) is 14.9. The van der Waals surface area contributed by atoms with Crippen LogP contribution in [0.2, 0.25) is 0 Å². The largest absolute Gasteiger partial charge is 0.497 e. The Labute approximate surface area is 128 Å². The van der Waals surface area contributed by atoms with Crippen molar-refractivity contribution < 1.29 is 14.0 Å². The van der Waals surface area contributed by atoms with E-state index >= 15 is 0 Å². The number of ether oxygens (including phenoxy) is 2. The third-order valence-electron chi connectivity index (χ3n) is 4.38. The molecule has 0 aliphatic carbocycles. The second-order valence-corrected chi connectivity index (χ2v) is 5.81. The SMILES string of the molecule is COc1ccc2c(c1)OCC2Cc1nc(C2CCCN2)no1. The standard InChI is InChI=1S/C16H19N3O3/c1-20-11-4-5-12-10(9-21-14(12)8-11)7-15-18-16(19-22-15)13-3-2-6-17-13/h4-5,8,10,13,17H,2-3,6-7,9H2,1H3. The highest BCUT2D eigenvalue weighted by Crippen LogP contribution is 2.38. The second-order valence-electron chi connectivity index (χ2n) is 5.81. The fourth-order valence-corrected chi connectivity index (χ4v) is 3.16. The van der Waals surface area contributed by atoms with Gasteiger partial charge >= 0.3 is 0 Å². The molecule has 1 aromatic carbocycles. The Morgan fingerprint density at radius 2 is 2.36 bits per heavy atom. The maximum absolute atomic E-state index is 5.75. The molecule has 3 heterocycles. The van der Waals surface area contributed by atoms with Crippen molar-refractivity contribution in [1.82, 2.24) is 15.5 Å². The number of rotatable bonds is 4. The number of fused-ring (bicyclic) bond motifs is 1. The number of hydrogen-bond acceptors (Lipinski definition) is 6. The minimum absolute atomic E-state index is 0.244. The van der Waals surface area contributed by atoms with Gasteiger partial charge in [0.05, 0.1) is 19.8 Å². The lowest BCUT2D eigenvalue weighted by molar-refractivity contribution is 0.310. The van der Waals surface area contributed by atoms with E-state index in [1.165, 1.54) is 12.0 Å². The fraction of sp³-hybridized carbons (Fsp3) is 0.500. The lowest BCUT2D eigenvalue weighted by atomic mass is 9.98. The van der Waals surface area contributed by atoms with Crippen molar-refractivity contribution >= 4 is 0 Å². The van der Waals surface area contributed by atoms with E-state index in [1.807, 2.05) is 12.1 Å². The molecule has 116 valence electrons. The Balaban J connectivity index is 1.49. The maximum atomic E-state index is 5.75. The highest BCUT2D eigenvalue weighted by Gasteiger charge is 2.28. The first kappa shape index (κ1) is 13.6. The van der Waals surface area contributed by atoms with Gasteiger partial charge in [-0.2, -0.15) is 4.98 Å². The monoisotopic (exact) mass is 301 g/mol. The van der Waals surface area contributed by atoms with Crippen LogP contribution in [0.3, 0.4) is 0 Å². The molecule has 6 heteroatoms. The van der Waals surface area contributed by atoms with Crippen LogP contribution in [0, 0.1) is 0 Å². The lowest BCUT2D eigenvalue weighted by Crippen LogP contribution is -2.14. The van der Waals surface area contributed by atoms with Crippen LogP contribution in [0.15, 0.2) is 22.7 Å². The summed E-state index contributed by atoms with van der Waals surface area (Å²) in [5.74, 6) is 3.42. The first-order valence-corrected chi connectivity index (χ1v) is 7.70. The molecule has 0 spiro atoms. The van der Waals surface area contributed by atoms with Crippen LogP contribution in [0.5, 0.6) is 11.5 Å². The quantitative estimate of drug-likeness (QED) is 0.934. The molecule has 2 aliphatic rings. The average molecular weight is 301 g/mol. The predicted octanol–water partition coefficient (Wildman–Crippen LogP) is 2.22. The van der Waals surface area contributed by atoms with E-state index in [-0.39, 0.29) is 12.0 Å². The zero-order valence-electron chi connectivity index (χ0n) is 12.5. The van der Waals surface area contributed by atoms with Gasteiger partial charge in [0.1, 0.15) is 11.5 Å². The molecule has 1 saturated heterocycles. The summed E-state index contributed by atoms with van der Waals surface area (Å²) >= 11 is 0. The van der Waals surface area contributed by atoms with Crippen LogP contribution in [-0.4, -0.2) is 30.4 Å². The van der Waals surface area contributed by atoms with Crippen LogP contribution in [-0.2, 0) is 6.42 Å². The zero-order valence-corrected chi connectivity index (χ0v) is 12.5. The fourth-order valence-electron chi connectivity index (χ4n) is 3.16. The number of hydrogen-bond donors (Lipinski definition) is 1. The van der Waals surface area contributed by atoms with Gasteiger partial charge in [0.2, 0.25) is 5.89 Å². The molecule has 4 rings (SSSR count). The molecule has 1 fully saturated rings. The molecule has 0 amide bonds. The first-order valence-electron chi connectivity index (χ1n) is 7.70. The van der Waals surface area contributed by atoms with E-state index in [0.29, 0.717) is 18.9 Å². The first-order chi connectivity index (χ1) is 10.8. The summed E-state index contributed by atoms with van der Waals surface area (Å²) in [5.41, 5.74) is 1.18. The van der Waals surface area contributed by atoms with Crippen molar-refractivity contribution in [3.8, 4) is 11.5 Å². The van der Waals surface area contributed by atoms with Crippen molar-refractivity contribution in [2.45, 2.75) is 31.2 Å². The second kappa shape index (κ2) is 5.61. The van der Waals surface area contributed by atoms with E-state index in [4.69, 9.17) is 14.0 Å². The molecule has 0 radical (unpaired) electrons. The third-order valence-corrected chi connectivity index (χ3v) is 4.38. The van der Waals surface area contributed by atoms with Gasteiger partial charge in [-0.1, -0.05) is 11.2 Å². The van der Waals surface area contributed by atoms with Gasteiger partial charge < -0.3 is 19.3 Å². The molecule has 0 saturated carbocycles. The van der Waals surface area contributed by atoms with Gasteiger partial charge in [-0.25, -0.2) is 0 Å². The summed E-state index contributed by atoms with van der Waals surface area (Å²) < 4.78 is 16.4. The summed E-state index contributed by atoms with van der Waals surface area (Å²) in [4.78, 5) is 4.54. The molecule has 2 unspecified atom stereocenters. The van der Waals surface area contributed by atoms with Crippen molar-refractivity contribution in [2.24, 2.45) is 0 Å². The maximum Gasteiger partial charge on any atom is 0.227 e. The van der Waals surface area contributed by atoms with Crippen molar-refractivity contribution in [2.75, 3.05) is 20.3 Å². The molecule has 1 N–H and O–H groups in total. The predicted molar refractivity (Wildman–Crippen MR) is 79.2 cm³/mol. The minimum Gasteiger partial charge on any atom is -0.497 e. The third kappa shape index (κ3) is 2.43. The van der Waals surface area contributed by atoms with Crippen molar-refractivity contribution in [3.05, 3.63) is 35.5 Å². The molecular formula is C16H19N3O3. The highest BCUT2D eigenvalue weighted by atomic mass is 16.5. The number of nitrogens with zero attached hydrogens (tertiary/aromatic N) is 2. The highest BCUT2D eigenvalue weighted by molar-refractivity contribution is 5.45. The molecule has 2 aliphatic heterocycles. The number of nitrogens with one attached hydrogen (secondary N) is 1. The van der Waals surface area contributed by atoms with Crippen LogP contribution in [0.4, 0.5) is 0 Å². The minimum atomic E-state index is 0.244. The summed E-state index contributed by atoms with van der Waals surface area (Å²) in [7, 11) is 1.66. The molecule has 2 aromatic rings. The van der Waals surface area contributed by atoms with Gasteiger partial charge in [0.15, 0.2) is 5.82 Å². The van der Waals surface area contributed by atoms with Crippen molar-refractivity contribution in [3.63, 3.8) is 0 Å². The molecule has 22 heavy (non-hydrogen) atoms. The number of benzene rings is 1. The Hall–Kier alpha value is -2.08. The van der Waals surface area contributed by atoms with E-state index < -0.39 is 0 Å². The Morgan fingerprint density at radius 3 is 3.18 bits per heavy atom. The Morgan fingerprint density at radius 1 is 1.41 bits per heavy atom. The van der Waals surface area contributed by atoms with Crippen LogP contribution in [0.25, 0.3) is 0 Å². The molecule has 6 nitrogen and oxygen atoms in total. The van der Waals surface area contributed by atoms with E-state index in [9.17, 15) is 0 Å². The van der Waals surface area contributed by atoms with Crippen LogP contribution < -0.4 is 14.8 Å². The van der Waals surface area contributed by atoms with Crippen LogP contribution >= 0.6 is 0 Å². The normalized spacial score (nSPS) is 23.3. The number of methoxy groups -OCH3 is 1.